The predicted molar refractivity (Wildman–Crippen MR) is 97.4 cm³/mol. The van der Waals surface area contributed by atoms with Gasteiger partial charge in [-0.3, -0.25) is 10.00 Å². The lowest BCUT2D eigenvalue weighted by atomic mass is 10.1. The summed E-state index contributed by atoms with van der Waals surface area (Å²) in [5, 5.41) is 14.6. The Morgan fingerprint density at radius 1 is 1.08 bits per heavy atom. The SMILES string of the molecule is Clc1cc2cnn(-c3cnn(C4CC4)c3)c2cc1N1CC2CCC1N2. The lowest BCUT2D eigenvalue weighted by molar-refractivity contribution is 0.607. The minimum absolute atomic E-state index is 0.411. The molecule has 1 aromatic carbocycles. The zero-order valence-corrected chi connectivity index (χ0v) is 14.5. The first-order chi connectivity index (χ1) is 12.3. The van der Waals surface area contributed by atoms with Crippen molar-refractivity contribution in [3.63, 3.8) is 0 Å². The van der Waals surface area contributed by atoms with E-state index < -0.39 is 0 Å². The van der Waals surface area contributed by atoms with Gasteiger partial charge in [0.2, 0.25) is 0 Å². The van der Waals surface area contributed by atoms with Crippen molar-refractivity contribution >= 4 is 28.2 Å². The number of benzene rings is 1. The zero-order valence-electron chi connectivity index (χ0n) is 13.8. The summed E-state index contributed by atoms with van der Waals surface area (Å²) in [6.07, 6.45) is 11.2. The van der Waals surface area contributed by atoms with Crippen LogP contribution in [0.25, 0.3) is 16.6 Å². The van der Waals surface area contributed by atoms with E-state index in [2.05, 4.69) is 37.4 Å². The fraction of sp³-hybridized carbons (Fsp3) is 0.444. The topological polar surface area (TPSA) is 50.9 Å². The summed E-state index contributed by atoms with van der Waals surface area (Å²) in [5.41, 5.74) is 3.19. The molecule has 0 radical (unpaired) electrons. The monoisotopic (exact) mass is 354 g/mol. The molecule has 3 fully saturated rings. The molecule has 2 atom stereocenters. The number of fused-ring (bicyclic) bond motifs is 3. The van der Waals surface area contributed by atoms with E-state index in [4.69, 9.17) is 11.6 Å². The largest absolute Gasteiger partial charge is 0.353 e. The molecule has 1 saturated carbocycles. The van der Waals surface area contributed by atoms with Crippen molar-refractivity contribution in [3.05, 3.63) is 35.7 Å². The van der Waals surface area contributed by atoms with Crippen molar-refractivity contribution in [2.24, 2.45) is 0 Å². The van der Waals surface area contributed by atoms with Crippen molar-refractivity contribution < 1.29 is 0 Å². The average Bonchev–Trinajstić information content (AvgIpc) is 3.02. The summed E-state index contributed by atoms with van der Waals surface area (Å²) in [4.78, 5) is 2.40. The van der Waals surface area contributed by atoms with Crippen LogP contribution in [0.2, 0.25) is 5.02 Å². The highest BCUT2D eigenvalue weighted by atomic mass is 35.5. The standard InChI is InChI=1S/C18H19ClN6/c19-15-5-11-7-21-25(14-8-20-24(10-14)13-2-3-13)16(11)6-17(15)23-9-12-1-4-18(23)22-12/h5-8,10,12-13,18,22H,1-4,9H2. The van der Waals surface area contributed by atoms with Crippen LogP contribution in [0.3, 0.4) is 0 Å². The molecular weight excluding hydrogens is 336 g/mol. The summed E-state index contributed by atoms with van der Waals surface area (Å²) < 4.78 is 4.03. The lowest BCUT2D eigenvalue weighted by Gasteiger charge is -2.28. The Balaban J connectivity index is 1.45. The van der Waals surface area contributed by atoms with E-state index in [-0.39, 0.29) is 0 Å². The number of nitrogens with zero attached hydrogens (tertiary/aromatic N) is 5. The highest BCUT2D eigenvalue weighted by molar-refractivity contribution is 6.34. The average molecular weight is 355 g/mol. The molecular formula is C18H19ClN6. The van der Waals surface area contributed by atoms with E-state index in [1.165, 1.54) is 25.7 Å². The minimum atomic E-state index is 0.411. The van der Waals surface area contributed by atoms with Gasteiger partial charge in [0.1, 0.15) is 5.69 Å². The fourth-order valence-corrected chi connectivity index (χ4v) is 4.54. The van der Waals surface area contributed by atoms with Crippen LogP contribution in [0, 0.1) is 0 Å². The van der Waals surface area contributed by atoms with E-state index in [9.17, 15) is 0 Å². The summed E-state index contributed by atoms with van der Waals surface area (Å²) in [7, 11) is 0. The van der Waals surface area contributed by atoms with E-state index >= 15 is 0 Å². The van der Waals surface area contributed by atoms with Gasteiger partial charge in [0.05, 0.1) is 47.0 Å². The molecule has 0 spiro atoms. The molecule has 2 bridgehead atoms. The Bertz CT molecular complexity index is 971. The van der Waals surface area contributed by atoms with Gasteiger partial charge in [0.25, 0.3) is 0 Å². The summed E-state index contributed by atoms with van der Waals surface area (Å²) >= 11 is 6.61. The van der Waals surface area contributed by atoms with Gasteiger partial charge in [0, 0.05) is 18.0 Å². The first-order valence-corrected chi connectivity index (χ1v) is 9.38. The second-order valence-electron chi connectivity index (χ2n) is 7.44. The van der Waals surface area contributed by atoms with Crippen LogP contribution in [0.15, 0.2) is 30.7 Å². The van der Waals surface area contributed by atoms with Gasteiger partial charge in [-0.2, -0.15) is 10.2 Å². The molecule has 2 saturated heterocycles. The number of rotatable bonds is 3. The zero-order chi connectivity index (χ0) is 16.5. The van der Waals surface area contributed by atoms with Crippen LogP contribution >= 0.6 is 11.6 Å². The van der Waals surface area contributed by atoms with E-state index in [1.807, 2.05) is 23.1 Å². The number of aromatic nitrogens is 4. The predicted octanol–water partition coefficient (Wildman–Crippen LogP) is 3.11. The van der Waals surface area contributed by atoms with Crippen molar-refractivity contribution in [1.82, 2.24) is 24.9 Å². The lowest BCUT2D eigenvalue weighted by Crippen LogP contribution is -2.34. The molecule has 2 aliphatic heterocycles. The molecule has 4 heterocycles. The quantitative estimate of drug-likeness (QED) is 0.785. The van der Waals surface area contributed by atoms with Crippen molar-refractivity contribution in [2.45, 2.75) is 43.9 Å². The van der Waals surface area contributed by atoms with Gasteiger partial charge < -0.3 is 4.90 Å². The van der Waals surface area contributed by atoms with Gasteiger partial charge in [0.15, 0.2) is 0 Å². The molecule has 1 aliphatic carbocycles. The smallest absolute Gasteiger partial charge is 0.103 e. The van der Waals surface area contributed by atoms with Crippen molar-refractivity contribution in [1.29, 1.82) is 0 Å². The van der Waals surface area contributed by atoms with Gasteiger partial charge >= 0.3 is 0 Å². The van der Waals surface area contributed by atoms with Gasteiger partial charge in [-0.15, -0.1) is 0 Å². The molecule has 2 aromatic heterocycles. The molecule has 6 rings (SSSR count). The molecule has 6 nitrogen and oxygen atoms in total. The van der Waals surface area contributed by atoms with E-state index in [1.54, 1.807) is 0 Å². The van der Waals surface area contributed by atoms with Crippen molar-refractivity contribution in [3.8, 4) is 5.69 Å². The minimum Gasteiger partial charge on any atom is -0.353 e. The third-order valence-corrected chi connectivity index (χ3v) is 6.01. The Morgan fingerprint density at radius 2 is 2.00 bits per heavy atom. The summed E-state index contributed by atoms with van der Waals surface area (Å²) in [6.45, 7) is 1.03. The Morgan fingerprint density at radius 3 is 2.76 bits per heavy atom. The van der Waals surface area contributed by atoms with Gasteiger partial charge in [-0.25, -0.2) is 4.68 Å². The molecule has 7 heteroatoms. The molecule has 3 aromatic rings. The van der Waals surface area contributed by atoms with Crippen LogP contribution in [0.5, 0.6) is 0 Å². The molecule has 0 amide bonds. The van der Waals surface area contributed by atoms with Crippen LogP contribution < -0.4 is 10.2 Å². The van der Waals surface area contributed by atoms with Crippen LogP contribution in [0.4, 0.5) is 5.69 Å². The maximum Gasteiger partial charge on any atom is 0.103 e. The van der Waals surface area contributed by atoms with Crippen LogP contribution in [-0.4, -0.2) is 38.3 Å². The molecule has 25 heavy (non-hydrogen) atoms. The van der Waals surface area contributed by atoms with E-state index in [0.29, 0.717) is 18.2 Å². The first-order valence-electron chi connectivity index (χ1n) is 9.01. The first kappa shape index (κ1) is 14.2. The molecule has 3 aliphatic rings. The molecule has 128 valence electrons. The van der Waals surface area contributed by atoms with E-state index in [0.717, 1.165) is 33.8 Å². The summed E-state index contributed by atoms with van der Waals surface area (Å²) in [5.74, 6) is 0. The second kappa shape index (κ2) is 4.99. The number of nitrogens with one attached hydrogen (secondary N) is 1. The maximum absolute atomic E-state index is 6.61. The number of piperidine rings is 1. The maximum atomic E-state index is 6.61. The number of halogens is 1. The number of anilines is 1. The third-order valence-electron chi connectivity index (χ3n) is 5.71. The highest BCUT2D eigenvalue weighted by Crippen LogP contribution is 2.38. The van der Waals surface area contributed by atoms with Gasteiger partial charge in [-0.05, 0) is 37.8 Å². The Labute approximate surface area is 150 Å². The van der Waals surface area contributed by atoms with Gasteiger partial charge in [-0.1, -0.05) is 11.6 Å². The molecule has 1 N–H and O–H groups in total. The number of hydrogen-bond acceptors (Lipinski definition) is 4. The van der Waals surface area contributed by atoms with Crippen molar-refractivity contribution in [2.75, 3.05) is 11.4 Å². The molecule has 2 unspecified atom stereocenters. The second-order valence-corrected chi connectivity index (χ2v) is 7.84. The fourth-order valence-electron chi connectivity index (χ4n) is 4.26. The van der Waals surface area contributed by atoms with Crippen LogP contribution in [-0.2, 0) is 0 Å². The summed E-state index contributed by atoms with van der Waals surface area (Å²) in [6, 6.07) is 5.39. The third kappa shape index (κ3) is 2.14. The Hall–Kier alpha value is -2.05. The Kier molecular flexibility index (Phi) is 2.82. The highest BCUT2D eigenvalue weighted by Gasteiger charge is 2.38. The normalized spacial score (nSPS) is 25.4. The number of hydrogen-bond donors (Lipinski definition) is 1. The van der Waals surface area contributed by atoms with Crippen LogP contribution in [0.1, 0.15) is 31.7 Å².